The molecule has 1 fully saturated rings. The third-order valence-electron chi connectivity index (χ3n) is 5.42. The van der Waals surface area contributed by atoms with Crippen molar-refractivity contribution < 1.29 is 42.0 Å². The molecule has 1 aliphatic rings. The van der Waals surface area contributed by atoms with Gasteiger partial charge in [-0.15, -0.1) is 0 Å². The molecule has 1 amide bonds. The Hall–Kier alpha value is -1.55. The Morgan fingerprint density at radius 3 is 2.30 bits per heavy atom. The Bertz CT molecular complexity index is 899. The molecule has 0 unspecified atom stereocenters. The SMILES string of the molecule is O=C(C[N+]1(Cc2ccccc2)CCCC1)Nc1cccc2ccccc12.[Y]. The van der Waals surface area contributed by atoms with Gasteiger partial charge in [0.05, 0.1) is 13.1 Å². The van der Waals surface area contributed by atoms with Gasteiger partial charge in [0, 0.05) is 62.2 Å². The van der Waals surface area contributed by atoms with Gasteiger partial charge in [-0.1, -0.05) is 66.7 Å². The molecular weight excluding hydrogens is 409 g/mol. The summed E-state index contributed by atoms with van der Waals surface area (Å²) in [6, 6.07) is 24.8. The Labute approximate surface area is 186 Å². The van der Waals surface area contributed by atoms with Gasteiger partial charge in [0.2, 0.25) is 0 Å². The second kappa shape index (κ2) is 9.10. The zero-order chi connectivity index (χ0) is 17.8. The van der Waals surface area contributed by atoms with Crippen LogP contribution in [0.5, 0.6) is 0 Å². The first kappa shape index (κ1) is 20.2. The first-order valence-corrected chi connectivity index (χ1v) is 9.41. The third kappa shape index (κ3) is 4.84. The molecule has 27 heavy (non-hydrogen) atoms. The first-order valence-electron chi connectivity index (χ1n) is 9.41. The van der Waals surface area contributed by atoms with Crippen LogP contribution in [0.3, 0.4) is 0 Å². The summed E-state index contributed by atoms with van der Waals surface area (Å²) in [4.78, 5) is 12.9. The molecule has 0 saturated carbocycles. The van der Waals surface area contributed by atoms with Crippen molar-refractivity contribution in [3.8, 4) is 0 Å². The number of hydrogen-bond donors (Lipinski definition) is 1. The van der Waals surface area contributed by atoms with Crippen molar-refractivity contribution in [1.29, 1.82) is 0 Å². The van der Waals surface area contributed by atoms with E-state index in [1.807, 2.05) is 30.3 Å². The van der Waals surface area contributed by atoms with Crippen LogP contribution in [-0.2, 0) is 44.0 Å². The van der Waals surface area contributed by atoms with Crippen LogP contribution in [0.1, 0.15) is 18.4 Å². The first-order chi connectivity index (χ1) is 12.7. The summed E-state index contributed by atoms with van der Waals surface area (Å²) in [6.45, 7) is 3.64. The van der Waals surface area contributed by atoms with Gasteiger partial charge in [-0.05, 0) is 11.5 Å². The molecule has 3 aromatic carbocycles. The predicted molar refractivity (Wildman–Crippen MR) is 107 cm³/mol. The average molecular weight is 434 g/mol. The maximum Gasteiger partial charge on any atom is 0.279 e. The topological polar surface area (TPSA) is 29.1 Å². The molecule has 1 N–H and O–H groups in total. The third-order valence-corrected chi connectivity index (χ3v) is 5.42. The fourth-order valence-corrected chi connectivity index (χ4v) is 4.18. The zero-order valence-electron chi connectivity index (χ0n) is 15.6. The number of carbonyl (C=O) groups is 1. The van der Waals surface area contributed by atoms with Gasteiger partial charge >= 0.3 is 0 Å². The Kier molecular flexibility index (Phi) is 6.80. The van der Waals surface area contributed by atoms with Gasteiger partial charge in [-0.2, -0.15) is 0 Å². The number of benzene rings is 3. The van der Waals surface area contributed by atoms with Gasteiger partial charge in [0.15, 0.2) is 6.54 Å². The normalized spacial score (nSPS) is 15.3. The van der Waals surface area contributed by atoms with Crippen LogP contribution in [0.25, 0.3) is 10.8 Å². The van der Waals surface area contributed by atoms with E-state index in [1.165, 1.54) is 18.4 Å². The van der Waals surface area contributed by atoms with E-state index < -0.39 is 0 Å². The summed E-state index contributed by atoms with van der Waals surface area (Å²) in [7, 11) is 0. The van der Waals surface area contributed by atoms with Crippen LogP contribution in [0.15, 0.2) is 72.8 Å². The van der Waals surface area contributed by atoms with Crippen molar-refractivity contribution in [2.75, 3.05) is 25.0 Å². The minimum Gasteiger partial charge on any atom is -0.321 e. The number of quaternary nitrogens is 1. The molecule has 0 aromatic heterocycles. The predicted octanol–water partition coefficient (Wildman–Crippen LogP) is 4.59. The van der Waals surface area contributed by atoms with Crippen LogP contribution in [0.4, 0.5) is 5.69 Å². The number of rotatable bonds is 5. The molecule has 4 heteroatoms. The number of amides is 1. The van der Waals surface area contributed by atoms with E-state index in [0.29, 0.717) is 6.54 Å². The number of nitrogens with one attached hydrogen (secondary N) is 1. The smallest absolute Gasteiger partial charge is 0.279 e. The van der Waals surface area contributed by atoms with Crippen molar-refractivity contribution in [2.24, 2.45) is 0 Å². The van der Waals surface area contributed by atoms with Crippen molar-refractivity contribution in [1.82, 2.24) is 0 Å². The van der Waals surface area contributed by atoms with Crippen molar-refractivity contribution >= 4 is 22.4 Å². The van der Waals surface area contributed by atoms with E-state index in [4.69, 9.17) is 0 Å². The summed E-state index contributed by atoms with van der Waals surface area (Å²) < 4.78 is 0.862. The fourth-order valence-electron chi connectivity index (χ4n) is 4.18. The molecule has 3 nitrogen and oxygen atoms in total. The maximum absolute atomic E-state index is 12.9. The standard InChI is InChI=1S/C23H24N2O.Y/c26-23(24-22-14-8-12-20-11-4-5-13-21(20)22)18-25(15-6-7-16-25)17-19-9-2-1-3-10-19;/h1-5,8-14H,6-7,15-18H2;/p+1. The summed E-state index contributed by atoms with van der Waals surface area (Å²) in [6.07, 6.45) is 2.41. The van der Waals surface area contributed by atoms with Gasteiger partial charge in [-0.25, -0.2) is 0 Å². The summed E-state index contributed by atoms with van der Waals surface area (Å²) in [5.41, 5.74) is 2.22. The molecule has 1 saturated heterocycles. The fraction of sp³-hybridized carbons (Fsp3) is 0.261. The molecule has 135 valence electrons. The van der Waals surface area contributed by atoms with Gasteiger partial charge < -0.3 is 9.80 Å². The van der Waals surface area contributed by atoms with Crippen molar-refractivity contribution in [3.05, 3.63) is 78.4 Å². The van der Waals surface area contributed by atoms with E-state index >= 15 is 0 Å². The Morgan fingerprint density at radius 2 is 1.52 bits per heavy atom. The van der Waals surface area contributed by atoms with Crippen molar-refractivity contribution in [2.45, 2.75) is 19.4 Å². The Morgan fingerprint density at radius 1 is 0.852 bits per heavy atom. The minimum absolute atomic E-state index is 0. The van der Waals surface area contributed by atoms with Crippen LogP contribution < -0.4 is 5.32 Å². The van der Waals surface area contributed by atoms with Gasteiger partial charge in [0.1, 0.15) is 6.54 Å². The van der Waals surface area contributed by atoms with Crippen LogP contribution >= 0.6 is 0 Å². The molecule has 0 atom stereocenters. The van der Waals surface area contributed by atoms with E-state index in [-0.39, 0.29) is 38.6 Å². The quantitative estimate of drug-likeness (QED) is 0.585. The number of anilines is 1. The van der Waals surface area contributed by atoms with E-state index in [2.05, 4.69) is 47.8 Å². The largest absolute Gasteiger partial charge is 0.321 e. The molecule has 1 heterocycles. The second-order valence-corrected chi connectivity index (χ2v) is 7.37. The van der Waals surface area contributed by atoms with E-state index in [1.54, 1.807) is 0 Å². The Balaban J connectivity index is 0.00000210. The minimum atomic E-state index is 0. The van der Waals surface area contributed by atoms with Crippen LogP contribution in [0.2, 0.25) is 0 Å². The molecule has 0 aliphatic carbocycles. The van der Waals surface area contributed by atoms with Gasteiger partial charge in [0.25, 0.3) is 5.91 Å². The number of carbonyl (C=O) groups excluding carboxylic acids is 1. The number of nitrogens with zero attached hydrogens (tertiary/aromatic N) is 1. The molecule has 1 aliphatic heterocycles. The molecule has 4 rings (SSSR count). The van der Waals surface area contributed by atoms with Crippen LogP contribution in [0, 0.1) is 0 Å². The monoisotopic (exact) mass is 434 g/mol. The molecule has 1 radical (unpaired) electrons. The molecular formula is C23H25N2OY+. The molecule has 0 bridgehead atoms. The number of likely N-dealkylation sites (tertiary alicyclic amines) is 1. The summed E-state index contributed by atoms with van der Waals surface area (Å²) in [5, 5.41) is 5.42. The average Bonchev–Trinajstić information content (AvgIpc) is 3.10. The van der Waals surface area contributed by atoms with Crippen molar-refractivity contribution in [3.63, 3.8) is 0 Å². The zero-order valence-corrected chi connectivity index (χ0v) is 18.4. The molecule has 3 aromatic rings. The van der Waals surface area contributed by atoms with E-state index in [9.17, 15) is 4.79 Å². The summed E-state index contributed by atoms with van der Waals surface area (Å²) >= 11 is 0. The number of hydrogen-bond acceptors (Lipinski definition) is 1. The number of fused-ring (bicyclic) bond motifs is 1. The van der Waals surface area contributed by atoms with Crippen LogP contribution in [-0.4, -0.2) is 30.0 Å². The van der Waals surface area contributed by atoms with E-state index in [0.717, 1.165) is 40.6 Å². The maximum atomic E-state index is 12.9. The molecule has 0 spiro atoms. The second-order valence-electron chi connectivity index (χ2n) is 7.37. The van der Waals surface area contributed by atoms with Gasteiger partial charge in [-0.3, -0.25) is 4.79 Å². The summed E-state index contributed by atoms with van der Waals surface area (Å²) in [5.74, 6) is 0.110.